The predicted molar refractivity (Wildman–Crippen MR) is 126 cm³/mol. The second-order valence-electron chi connectivity index (χ2n) is 7.40. The highest BCUT2D eigenvalue weighted by Gasteiger charge is 2.10. The maximum absolute atomic E-state index is 10.6. The minimum atomic E-state index is -0.570. The number of fused-ring (bicyclic) bond motifs is 1. The van der Waals surface area contributed by atoms with Crippen LogP contribution in [-0.2, 0) is 11.3 Å². The molecular formula is C23H23N7O4. The fourth-order valence-electron chi connectivity index (χ4n) is 3.30. The molecule has 1 aromatic carbocycles. The molecule has 3 heterocycles. The number of nitrogens with one attached hydrogen (secondary N) is 2. The molecule has 0 unspecified atom stereocenters. The Hall–Kier alpha value is -4.54. The van der Waals surface area contributed by atoms with Gasteiger partial charge in [0.05, 0.1) is 42.8 Å². The third-order valence-electron chi connectivity index (χ3n) is 5.08. The molecule has 0 bridgehead atoms. The Kier molecular flexibility index (Phi) is 6.92. The molecule has 0 aliphatic heterocycles. The van der Waals surface area contributed by atoms with Crippen molar-refractivity contribution in [2.75, 3.05) is 13.2 Å². The summed E-state index contributed by atoms with van der Waals surface area (Å²) in [6.07, 6.45) is 8.05. The van der Waals surface area contributed by atoms with Crippen LogP contribution in [0.15, 0.2) is 55.1 Å². The van der Waals surface area contributed by atoms with Crippen molar-refractivity contribution in [1.82, 2.24) is 24.5 Å². The number of ether oxygens (including phenoxy) is 2. The van der Waals surface area contributed by atoms with Gasteiger partial charge in [-0.2, -0.15) is 0 Å². The minimum absolute atomic E-state index is 0.0750. The van der Waals surface area contributed by atoms with Gasteiger partial charge in [-0.25, -0.2) is 15.0 Å². The van der Waals surface area contributed by atoms with E-state index in [1.807, 2.05) is 43.6 Å². The fraction of sp³-hybridized carbons (Fsp3) is 0.217. The molecule has 0 saturated carbocycles. The van der Waals surface area contributed by atoms with Crippen LogP contribution in [0.4, 0.5) is 5.82 Å². The molecule has 0 radical (unpaired) electrons. The molecule has 11 nitrogen and oxygen atoms in total. The number of pyridine rings is 1. The lowest BCUT2D eigenvalue weighted by atomic mass is 10.2. The number of para-hydroxylation sites is 2. The van der Waals surface area contributed by atoms with Crippen LogP contribution < -0.4 is 4.74 Å². The van der Waals surface area contributed by atoms with E-state index in [1.165, 1.54) is 12.2 Å². The van der Waals surface area contributed by atoms with E-state index in [1.54, 1.807) is 6.20 Å². The molecule has 0 atom stereocenters. The van der Waals surface area contributed by atoms with Crippen molar-refractivity contribution in [2.45, 2.75) is 19.9 Å². The monoisotopic (exact) mass is 461 g/mol. The lowest BCUT2D eigenvalue weighted by Gasteiger charge is -2.13. The van der Waals surface area contributed by atoms with E-state index in [0.29, 0.717) is 26.2 Å². The van der Waals surface area contributed by atoms with Gasteiger partial charge in [0, 0.05) is 30.3 Å². The van der Waals surface area contributed by atoms with Crippen LogP contribution in [0.1, 0.15) is 23.5 Å². The fourth-order valence-corrected chi connectivity index (χ4v) is 3.30. The molecule has 3 aromatic heterocycles. The number of nitro groups is 1. The summed E-state index contributed by atoms with van der Waals surface area (Å²) in [6.45, 7) is 3.28. The Morgan fingerprint density at radius 3 is 2.91 bits per heavy atom. The highest BCUT2D eigenvalue weighted by atomic mass is 16.6. The third kappa shape index (κ3) is 5.44. The Morgan fingerprint density at radius 1 is 1.24 bits per heavy atom. The number of nitrogens with zero attached hydrogens (tertiary/aromatic N) is 5. The summed E-state index contributed by atoms with van der Waals surface area (Å²) in [5.41, 5.74) is 3.86. The Labute approximate surface area is 194 Å². The lowest BCUT2D eigenvalue weighted by Crippen LogP contribution is -2.08. The number of aromatic nitrogens is 5. The molecule has 34 heavy (non-hydrogen) atoms. The van der Waals surface area contributed by atoms with E-state index in [2.05, 4.69) is 24.5 Å². The van der Waals surface area contributed by atoms with Gasteiger partial charge in [-0.15, -0.1) is 0 Å². The van der Waals surface area contributed by atoms with Crippen LogP contribution in [0.5, 0.6) is 5.75 Å². The summed E-state index contributed by atoms with van der Waals surface area (Å²) in [7, 11) is 0. The van der Waals surface area contributed by atoms with E-state index < -0.39 is 4.92 Å². The second-order valence-corrected chi connectivity index (χ2v) is 7.40. The van der Waals surface area contributed by atoms with Gasteiger partial charge in [0.1, 0.15) is 11.9 Å². The van der Waals surface area contributed by atoms with E-state index in [4.69, 9.17) is 14.9 Å². The van der Waals surface area contributed by atoms with Crippen LogP contribution in [0.2, 0.25) is 0 Å². The number of benzene rings is 1. The molecule has 0 saturated heterocycles. The molecule has 0 spiro atoms. The van der Waals surface area contributed by atoms with Crippen molar-refractivity contribution >= 4 is 28.8 Å². The number of hydrogen-bond acceptors (Lipinski definition) is 8. The average molecular weight is 461 g/mol. The number of rotatable bonds is 10. The van der Waals surface area contributed by atoms with E-state index in [9.17, 15) is 10.1 Å². The quantitative estimate of drug-likeness (QED) is 0.120. The van der Waals surface area contributed by atoms with Gasteiger partial charge in [0.2, 0.25) is 11.7 Å². The van der Waals surface area contributed by atoms with Gasteiger partial charge in [-0.1, -0.05) is 12.1 Å². The molecule has 11 heteroatoms. The summed E-state index contributed by atoms with van der Waals surface area (Å²) >= 11 is 0. The molecule has 0 aliphatic rings. The Balaban J connectivity index is 1.24. The normalized spacial score (nSPS) is 11.2. The highest BCUT2D eigenvalue weighted by Crippen LogP contribution is 2.22. The van der Waals surface area contributed by atoms with Crippen LogP contribution >= 0.6 is 0 Å². The van der Waals surface area contributed by atoms with Crippen molar-refractivity contribution in [3.8, 4) is 5.75 Å². The molecule has 0 amide bonds. The number of imidazole rings is 2. The maximum Gasteiger partial charge on any atom is 0.340 e. The van der Waals surface area contributed by atoms with Crippen molar-refractivity contribution in [3.05, 3.63) is 82.3 Å². The lowest BCUT2D eigenvalue weighted by molar-refractivity contribution is -0.389. The minimum Gasteiger partial charge on any atom is -0.493 e. The second kappa shape index (κ2) is 10.4. The van der Waals surface area contributed by atoms with Gasteiger partial charge < -0.3 is 24.2 Å². The molecule has 4 rings (SSSR count). The molecular weight excluding hydrogens is 438 g/mol. The predicted octanol–water partition coefficient (Wildman–Crippen LogP) is 3.90. The molecule has 2 N–H and O–H groups in total. The SMILES string of the molecule is Cc1c(OCCCOC(=N)/C=C\c2ncc([N+](=O)[O-])[nH]2)ccnc1Cn1cnc2ccccc21. The van der Waals surface area contributed by atoms with Crippen molar-refractivity contribution < 1.29 is 14.4 Å². The average Bonchev–Trinajstić information content (AvgIpc) is 3.47. The van der Waals surface area contributed by atoms with Crippen molar-refractivity contribution in [1.29, 1.82) is 5.41 Å². The first-order valence-electron chi connectivity index (χ1n) is 10.6. The summed E-state index contributed by atoms with van der Waals surface area (Å²) in [5, 5.41) is 18.4. The third-order valence-corrected chi connectivity index (χ3v) is 5.08. The molecule has 0 fully saturated rings. The van der Waals surface area contributed by atoms with Gasteiger partial charge in [-0.3, -0.25) is 10.4 Å². The summed E-state index contributed by atoms with van der Waals surface area (Å²) in [5.74, 6) is 0.742. The first-order chi connectivity index (χ1) is 16.5. The van der Waals surface area contributed by atoms with Crippen LogP contribution in [0.3, 0.4) is 0 Å². The van der Waals surface area contributed by atoms with E-state index >= 15 is 0 Å². The maximum atomic E-state index is 10.6. The summed E-state index contributed by atoms with van der Waals surface area (Å²) in [4.78, 5) is 25.4. The van der Waals surface area contributed by atoms with Crippen LogP contribution in [0, 0.1) is 22.4 Å². The zero-order chi connectivity index (χ0) is 23.9. The Bertz CT molecular complexity index is 1340. The van der Waals surface area contributed by atoms with Crippen molar-refractivity contribution in [2.24, 2.45) is 0 Å². The van der Waals surface area contributed by atoms with Gasteiger partial charge in [0.25, 0.3) is 0 Å². The van der Waals surface area contributed by atoms with Gasteiger partial charge in [0.15, 0.2) is 0 Å². The van der Waals surface area contributed by atoms with Crippen LogP contribution in [-0.4, -0.2) is 48.5 Å². The molecule has 0 aliphatic carbocycles. The number of H-pyrrole nitrogens is 1. The van der Waals surface area contributed by atoms with Crippen LogP contribution in [0.25, 0.3) is 17.1 Å². The topological polar surface area (TPSA) is 145 Å². The summed E-state index contributed by atoms with van der Waals surface area (Å²) in [6, 6.07) is 9.79. The van der Waals surface area contributed by atoms with E-state index in [-0.39, 0.29) is 17.5 Å². The highest BCUT2D eigenvalue weighted by molar-refractivity contribution is 5.88. The zero-order valence-corrected chi connectivity index (χ0v) is 18.5. The smallest absolute Gasteiger partial charge is 0.340 e. The van der Waals surface area contributed by atoms with Gasteiger partial charge >= 0.3 is 5.82 Å². The van der Waals surface area contributed by atoms with Gasteiger partial charge in [-0.05, 0) is 30.0 Å². The van der Waals surface area contributed by atoms with Crippen molar-refractivity contribution in [3.63, 3.8) is 0 Å². The first kappa shape index (κ1) is 22.6. The van der Waals surface area contributed by atoms with E-state index in [0.717, 1.165) is 34.2 Å². The molecule has 174 valence electrons. The first-order valence-corrected chi connectivity index (χ1v) is 10.6. The number of hydrogen-bond donors (Lipinski definition) is 2. The molecule has 4 aromatic rings. The largest absolute Gasteiger partial charge is 0.493 e. The number of aromatic amines is 1. The standard InChI is InChI=1S/C23H23N7O4/c1-16-18(14-29-15-27-17-5-2-3-6-19(17)29)25-10-9-20(16)33-11-4-12-34-21(24)7-8-22-26-13-23(28-22)30(31)32/h2-3,5-10,13,15,24H,4,11-12,14H2,1H3,(H,26,28)/b8-7-,24-21?. The zero-order valence-electron chi connectivity index (χ0n) is 18.5. The Morgan fingerprint density at radius 2 is 2.09 bits per heavy atom. The summed E-state index contributed by atoms with van der Waals surface area (Å²) < 4.78 is 13.3.